The van der Waals surface area contributed by atoms with Crippen molar-refractivity contribution in [2.45, 2.75) is 45.2 Å². The Morgan fingerprint density at radius 2 is 2.00 bits per heavy atom. The Balaban J connectivity index is 2.12. The second-order valence-corrected chi connectivity index (χ2v) is 6.27. The van der Waals surface area contributed by atoms with Gasteiger partial charge in [-0.25, -0.2) is 0 Å². The molecule has 24 heavy (non-hydrogen) atoms. The molecule has 0 fully saturated rings. The van der Waals surface area contributed by atoms with E-state index in [0.29, 0.717) is 24.3 Å². The van der Waals surface area contributed by atoms with Gasteiger partial charge in [0.05, 0.1) is 12.1 Å². The molecule has 0 spiro atoms. The highest BCUT2D eigenvalue weighted by Crippen LogP contribution is 2.28. The highest BCUT2D eigenvalue weighted by atomic mass is 35.5. The zero-order valence-corrected chi connectivity index (χ0v) is 14.7. The normalized spacial score (nSPS) is 13.3. The number of nitrogens with one attached hydrogen (secondary N) is 1. The summed E-state index contributed by atoms with van der Waals surface area (Å²) in [5.74, 6) is 0.0225. The van der Waals surface area contributed by atoms with E-state index in [1.807, 2.05) is 43.5 Å². The maximum absolute atomic E-state index is 12.1. The summed E-state index contributed by atoms with van der Waals surface area (Å²) in [6.07, 6.45) is 4.87. The zero-order chi connectivity index (χ0) is 17.5. The monoisotopic (exact) mass is 347 g/mol. The van der Waals surface area contributed by atoms with Crippen molar-refractivity contribution in [1.29, 1.82) is 0 Å². The first-order chi connectivity index (χ1) is 11.5. The number of hydrogen-bond acceptors (Lipinski definition) is 3. The molecule has 0 radical (unpaired) electrons. The second-order valence-electron chi connectivity index (χ2n) is 5.86. The molecule has 0 saturated carbocycles. The van der Waals surface area contributed by atoms with E-state index in [0.717, 1.165) is 5.56 Å². The molecule has 5 nitrogen and oxygen atoms in total. The third-order valence-electron chi connectivity index (χ3n) is 3.83. The molecule has 1 heterocycles. The molecule has 0 aliphatic heterocycles. The second kappa shape index (κ2) is 8.64. The van der Waals surface area contributed by atoms with Crippen molar-refractivity contribution in [3.8, 4) is 0 Å². The van der Waals surface area contributed by atoms with E-state index in [4.69, 9.17) is 11.6 Å². The number of ketones is 1. The van der Waals surface area contributed by atoms with Crippen LogP contribution in [0.5, 0.6) is 0 Å². The summed E-state index contributed by atoms with van der Waals surface area (Å²) in [6.45, 7) is 3.46. The predicted octanol–water partition coefficient (Wildman–Crippen LogP) is 3.39. The third kappa shape index (κ3) is 4.93. The predicted molar refractivity (Wildman–Crippen MR) is 94.0 cm³/mol. The summed E-state index contributed by atoms with van der Waals surface area (Å²) in [4.78, 5) is 23.1. The Morgan fingerprint density at radius 3 is 2.62 bits per heavy atom. The molecule has 2 aromatic rings. The largest absolute Gasteiger partial charge is 0.351 e. The van der Waals surface area contributed by atoms with Crippen LogP contribution in [0, 0.1) is 0 Å². The Kier molecular flexibility index (Phi) is 6.55. The maximum Gasteiger partial charge on any atom is 0.220 e. The molecule has 1 amide bonds. The van der Waals surface area contributed by atoms with E-state index in [9.17, 15) is 9.59 Å². The third-order valence-corrected chi connectivity index (χ3v) is 4.17. The maximum atomic E-state index is 12.1. The van der Waals surface area contributed by atoms with Crippen molar-refractivity contribution in [2.75, 3.05) is 0 Å². The quantitative estimate of drug-likeness (QED) is 0.796. The molecular formula is C18H22ClN3O2. The minimum atomic E-state index is -0.203. The van der Waals surface area contributed by atoms with E-state index >= 15 is 0 Å². The van der Waals surface area contributed by atoms with E-state index < -0.39 is 0 Å². The van der Waals surface area contributed by atoms with Gasteiger partial charge in [0, 0.05) is 30.3 Å². The van der Waals surface area contributed by atoms with Crippen LogP contribution >= 0.6 is 11.6 Å². The number of rotatable bonds is 8. The van der Waals surface area contributed by atoms with Gasteiger partial charge >= 0.3 is 0 Å². The Morgan fingerprint density at radius 1 is 1.25 bits per heavy atom. The van der Waals surface area contributed by atoms with Crippen molar-refractivity contribution < 1.29 is 9.59 Å². The molecule has 0 aliphatic carbocycles. The number of aromatic nitrogens is 2. The van der Waals surface area contributed by atoms with Crippen molar-refractivity contribution >= 4 is 23.3 Å². The van der Waals surface area contributed by atoms with Gasteiger partial charge in [0.15, 0.2) is 0 Å². The van der Waals surface area contributed by atoms with Crippen LogP contribution in [0.15, 0.2) is 42.7 Å². The lowest BCUT2D eigenvalue weighted by atomic mass is 10.00. The lowest BCUT2D eigenvalue weighted by molar-refractivity contribution is -0.122. The van der Waals surface area contributed by atoms with Gasteiger partial charge in [0.1, 0.15) is 5.78 Å². The summed E-state index contributed by atoms with van der Waals surface area (Å²) in [5, 5.41) is 7.94. The van der Waals surface area contributed by atoms with Crippen LogP contribution in [0.1, 0.15) is 44.7 Å². The number of nitrogens with zero attached hydrogens (tertiary/aromatic N) is 2. The number of carbonyl (C=O) groups excluding carboxylic acids is 2. The highest BCUT2D eigenvalue weighted by Gasteiger charge is 2.25. The average molecular weight is 348 g/mol. The first-order valence-electron chi connectivity index (χ1n) is 8.01. The van der Waals surface area contributed by atoms with Crippen LogP contribution in [0.2, 0.25) is 5.02 Å². The van der Waals surface area contributed by atoms with Crippen LogP contribution in [0.3, 0.4) is 0 Å². The average Bonchev–Trinajstić information content (AvgIpc) is 3.03. The fourth-order valence-electron chi connectivity index (χ4n) is 2.70. The van der Waals surface area contributed by atoms with Crippen LogP contribution in [0.25, 0.3) is 0 Å². The number of amides is 1. The van der Waals surface area contributed by atoms with Crippen LogP contribution in [0.4, 0.5) is 0 Å². The number of hydrogen-bond donors (Lipinski definition) is 1. The fraction of sp³-hybridized carbons (Fsp3) is 0.389. The minimum Gasteiger partial charge on any atom is -0.351 e. The molecule has 0 saturated heterocycles. The number of Topliss-reactive ketones (excluding diaryl/α,β-unsaturated/α-hetero) is 1. The van der Waals surface area contributed by atoms with Crippen LogP contribution < -0.4 is 5.32 Å². The van der Waals surface area contributed by atoms with Gasteiger partial charge in [-0.3, -0.25) is 9.48 Å². The summed E-state index contributed by atoms with van der Waals surface area (Å²) in [6, 6.07) is 8.99. The Labute approximate surface area is 147 Å². The molecule has 1 aromatic carbocycles. The van der Waals surface area contributed by atoms with Gasteiger partial charge in [0.25, 0.3) is 0 Å². The molecule has 6 heteroatoms. The standard InChI is InChI=1S/C18H22ClN3O2/c1-13(23)7-5-10-17(24)21-14(2)18(22-12-6-11-20-22)15-8-3-4-9-16(15)19/h3-4,6,8-9,11-12,14,18H,5,7,10H2,1-2H3,(H,21,24)/t14-,18+/m1/s1. The van der Waals surface area contributed by atoms with Crippen LogP contribution in [-0.4, -0.2) is 27.5 Å². The topological polar surface area (TPSA) is 64.0 Å². The van der Waals surface area contributed by atoms with Crippen molar-refractivity contribution in [1.82, 2.24) is 15.1 Å². The molecule has 0 aliphatic rings. The minimum absolute atomic E-state index is 0.0760. The smallest absolute Gasteiger partial charge is 0.220 e. The lowest BCUT2D eigenvalue weighted by Gasteiger charge is -2.26. The van der Waals surface area contributed by atoms with E-state index in [1.54, 1.807) is 10.9 Å². The van der Waals surface area contributed by atoms with Crippen molar-refractivity contribution in [3.05, 3.63) is 53.3 Å². The molecule has 1 N–H and O–H groups in total. The molecular weight excluding hydrogens is 326 g/mol. The molecule has 0 unspecified atom stereocenters. The van der Waals surface area contributed by atoms with Gasteiger partial charge in [0.2, 0.25) is 5.91 Å². The van der Waals surface area contributed by atoms with Crippen molar-refractivity contribution in [2.24, 2.45) is 0 Å². The zero-order valence-electron chi connectivity index (χ0n) is 13.9. The molecule has 1 aromatic heterocycles. The molecule has 2 atom stereocenters. The first-order valence-corrected chi connectivity index (χ1v) is 8.39. The van der Waals surface area contributed by atoms with E-state index in [1.165, 1.54) is 6.92 Å². The first kappa shape index (κ1) is 18.2. The number of halogens is 1. The van der Waals surface area contributed by atoms with Gasteiger partial charge in [-0.05, 0) is 38.0 Å². The van der Waals surface area contributed by atoms with Gasteiger partial charge in [-0.15, -0.1) is 0 Å². The summed E-state index contributed by atoms with van der Waals surface area (Å²) < 4.78 is 1.79. The Bertz CT molecular complexity index is 685. The molecule has 2 rings (SSSR count). The SMILES string of the molecule is CC(=O)CCCC(=O)N[C@H](C)[C@@H](c1ccccc1Cl)n1cccn1. The van der Waals surface area contributed by atoms with E-state index in [2.05, 4.69) is 10.4 Å². The number of carbonyl (C=O) groups is 2. The van der Waals surface area contributed by atoms with Gasteiger partial charge in [-0.1, -0.05) is 29.8 Å². The summed E-state index contributed by atoms with van der Waals surface area (Å²) in [7, 11) is 0. The highest BCUT2D eigenvalue weighted by molar-refractivity contribution is 6.31. The van der Waals surface area contributed by atoms with Crippen molar-refractivity contribution in [3.63, 3.8) is 0 Å². The number of benzene rings is 1. The summed E-state index contributed by atoms with van der Waals surface area (Å²) in [5.41, 5.74) is 0.902. The Hall–Kier alpha value is -2.14. The van der Waals surface area contributed by atoms with Crippen LogP contribution in [-0.2, 0) is 9.59 Å². The molecule has 128 valence electrons. The molecule has 0 bridgehead atoms. The van der Waals surface area contributed by atoms with Gasteiger partial charge < -0.3 is 10.1 Å². The lowest BCUT2D eigenvalue weighted by Crippen LogP contribution is -2.40. The van der Waals surface area contributed by atoms with E-state index in [-0.39, 0.29) is 23.8 Å². The van der Waals surface area contributed by atoms with Gasteiger partial charge in [-0.2, -0.15) is 5.10 Å². The summed E-state index contributed by atoms with van der Waals surface area (Å²) >= 11 is 6.34. The fourth-order valence-corrected chi connectivity index (χ4v) is 2.95.